The molecule has 0 aliphatic carbocycles. The number of hydrogen-bond donors (Lipinski definition) is 1. The molecular formula is C23H32N4O2S. The second-order valence-electron chi connectivity index (χ2n) is 8.08. The fourth-order valence-corrected chi connectivity index (χ4v) is 4.60. The van der Waals surface area contributed by atoms with E-state index < -0.39 is 0 Å². The molecule has 0 amide bonds. The summed E-state index contributed by atoms with van der Waals surface area (Å²) in [6.45, 7) is 7.18. The van der Waals surface area contributed by atoms with E-state index in [-0.39, 0.29) is 6.10 Å². The number of piperidine rings is 1. The SMILES string of the molecule is CCNC(=S)N(Cc1c(-c2ccccc2)noc1N1CCCCC1)CC1CCCO1. The molecule has 0 bridgehead atoms. The van der Waals surface area contributed by atoms with Gasteiger partial charge in [-0.15, -0.1) is 0 Å². The molecule has 1 aromatic heterocycles. The fourth-order valence-electron chi connectivity index (χ4n) is 4.32. The molecule has 2 aromatic rings. The Balaban J connectivity index is 1.66. The van der Waals surface area contributed by atoms with Crippen LogP contribution in [0.2, 0.25) is 0 Å². The lowest BCUT2D eigenvalue weighted by Crippen LogP contribution is -2.43. The first-order valence-electron chi connectivity index (χ1n) is 11.2. The molecule has 162 valence electrons. The maximum atomic E-state index is 5.95. The molecule has 0 radical (unpaired) electrons. The van der Waals surface area contributed by atoms with Gasteiger partial charge in [0.1, 0.15) is 5.69 Å². The number of nitrogens with one attached hydrogen (secondary N) is 1. The highest BCUT2D eigenvalue weighted by Gasteiger charge is 2.28. The molecule has 2 fully saturated rings. The van der Waals surface area contributed by atoms with Crippen molar-refractivity contribution in [1.82, 2.24) is 15.4 Å². The summed E-state index contributed by atoms with van der Waals surface area (Å²) < 4.78 is 11.9. The number of anilines is 1. The van der Waals surface area contributed by atoms with Crippen molar-refractivity contribution >= 4 is 23.2 Å². The third-order valence-corrected chi connectivity index (χ3v) is 6.27. The lowest BCUT2D eigenvalue weighted by molar-refractivity contribution is 0.0898. The summed E-state index contributed by atoms with van der Waals surface area (Å²) in [5.41, 5.74) is 3.10. The van der Waals surface area contributed by atoms with Gasteiger partial charge in [0.25, 0.3) is 0 Å². The van der Waals surface area contributed by atoms with Gasteiger partial charge >= 0.3 is 0 Å². The summed E-state index contributed by atoms with van der Waals surface area (Å²) in [5.74, 6) is 0.894. The highest BCUT2D eigenvalue weighted by Crippen LogP contribution is 2.34. The van der Waals surface area contributed by atoms with Crippen molar-refractivity contribution in [2.24, 2.45) is 0 Å². The minimum atomic E-state index is 0.222. The molecule has 7 heteroatoms. The lowest BCUT2D eigenvalue weighted by atomic mass is 10.1. The molecule has 1 atom stereocenters. The second kappa shape index (κ2) is 10.3. The summed E-state index contributed by atoms with van der Waals surface area (Å²) in [7, 11) is 0. The van der Waals surface area contributed by atoms with E-state index in [0.717, 1.165) is 73.4 Å². The van der Waals surface area contributed by atoms with E-state index in [2.05, 4.69) is 39.3 Å². The van der Waals surface area contributed by atoms with Crippen LogP contribution in [0.4, 0.5) is 5.88 Å². The summed E-state index contributed by atoms with van der Waals surface area (Å²) in [6.07, 6.45) is 6.08. The van der Waals surface area contributed by atoms with Gasteiger partial charge in [0.15, 0.2) is 5.11 Å². The van der Waals surface area contributed by atoms with Gasteiger partial charge in [0, 0.05) is 38.3 Å². The molecule has 2 saturated heterocycles. The van der Waals surface area contributed by atoms with E-state index in [9.17, 15) is 0 Å². The molecular weight excluding hydrogens is 396 g/mol. The Morgan fingerprint density at radius 1 is 1.20 bits per heavy atom. The smallest absolute Gasteiger partial charge is 0.232 e. The minimum Gasteiger partial charge on any atom is -0.376 e. The van der Waals surface area contributed by atoms with Crippen LogP contribution >= 0.6 is 12.2 Å². The molecule has 6 nitrogen and oxygen atoms in total. The number of nitrogens with zero attached hydrogens (tertiary/aromatic N) is 3. The van der Waals surface area contributed by atoms with Gasteiger partial charge in [-0.05, 0) is 51.2 Å². The summed E-state index contributed by atoms with van der Waals surface area (Å²) in [4.78, 5) is 4.57. The second-order valence-corrected chi connectivity index (χ2v) is 8.47. The van der Waals surface area contributed by atoms with Crippen molar-refractivity contribution in [3.63, 3.8) is 0 Å². The first-order valence-corrected chi connectivity index (χ1v) is 11.6. The molecule has 2 aliphatic heterocycles. The van der Waals surface area contributed by atoms with Gasteiger partial charge in [-0.1, -0.05) is 35.5 Å². The molecule has 0 spiro atoms. The highest BCUT2D eigenvalue weighted by molar-refractivity contribution is 7.80. The number of rotatable bonds is 7. The Morgan fingerprint density at radius 2 is 2.00 bits per heavy atom. The van der Waals surface area contributed by atoms with Crippen LogP contribution in [0.3, 0.4) is 0 Å². The van der Waals surface area contributed by atoms with Crippen molar-refractivity contribution in [3.8, 4) is 11.3 Å². The van der Waals surface area contributed by atoms with Crippen LogP contribution in [-0.2, 0) is 11.3 Å². The zero-order valence-electron chi connectivity index (χ0n) is 17.8. The van der Waals surface area contributed by atoms with Crippen LogP contribution in [0.5, 0.6) is 0 Å². The average Bonchev–Trinajstić information content (AvgIpc) is 3.45. The summed E-state index contributed by atoms with van der Waals surface area (Å²) in [5, 5.41) is 8.60. The van der Waals surface area contributed by atoms with Crippen LogP contribution < -0.4 is 10.2 Å². The third-order valence-electron chi connectivity index (χ3n) is 5.87. The van der Waals surface area contributed by atoms with Crippen LogP contribution in [0.1, 0.15) is 44.6 Å². The van der Waals surface area contributed by atoms with E-state index in [1.807, 2.05) is 18.2 Å². The monoisotopic (exact) mass is 428 g/mol. The Morgan fingerprint density at radius 3 is 2.70 bits per heavy atom. The van der Waals surface area contributed by atoms with Crippen molar-refractivity contribution < 1.29 is 9.26 Å². The minimum absolute atomic E-state index is 0.222. The summed E-state index contributed by atoms with van der Waals surface area (Å²) >= 11 is 5.74. The highest BCUT2D eigenvalue weighted by atomic mass is 32.1. The molecule has 3 heterocycles. The van der Waals surface area contributed by atoms with Gasteiger partial charge < -0.3 is 24.4 Å². The van der Waals surface area contributed by atoms with E-state index in [1.54, 1.807) is 0 Å². The predicted molar refractivity (Wildman–Crippen MR) is 124 cm³/mol. The molecule has 0 saturated carbocycles. The van der Waals surface area contributed by atoms with Crippen LogP contribution in [0, 0.1) is 0 Å². The first-order chi connectivity index (χ1) is 14.8. The lowest BCUT2D eigenvalue weighted by Gasteiger charge is -2.30. The van der Waals surface area contributed by atoms with E-state index >= 15 is 0 Å². The molecule has 4 rings (SSSR count). The van der Waals surface area contributed by atoms with Gasteiger partial charge in [0.2, 0.25) is 5.88 Å². The standard InChI is InChI=1S/C23H32N4O2S/c1-2-24-23(30)27(16-19-12-9-15-28-19)17-20-21(18-10-5-3-6-11-18)25-29-22(20)26-13-7-4-8-14-26/h3,5-6,10-11,19H,2,4,7-9,12-17H2,1H3,(H,24,30). The first kappa shape index (κ1) is 21.1. The molecule has 2 aliphatic rings. The predicted octanol–water partition coefficient (Wildman–Crippen LogP) is 4.21. The Labute approximate surface area is 184 Å². The Bertz CT molecular complexity index is 814. The largest absolute Gasteiger partial charge is 0.376 e. The Kier molecular flexibility index (Phi) is 7.23. The van der Waals surface area contributed by atoms with Crippen molar-refractivity contribution in [1.29, 1.82) is 0 Å². The number of benzene rings is 1. The van der Waals surface area contributed by atoms with Crippen molar-refractivity contribution in [3.05, 3.63) is 35.9 Å². The van der Waals surface area contributed by atoms with Crippen molar-refractivity contribution in [2.75, 3.05) is 37.7 Å². The van der Waals surface area contributed by atoms with Gasteiger partial charge in [-0.3, -0.25) is 0 Å². The quantitative estimate of drug-likeness (QED) is 0.663. The van der Waals surface area contributed by atoms with E-state index in [4.69, 9.17) is 21.5 Å². The van der Waals surface area contributed by atoms with Gasteiger partial charge in [0.05, 0.1) is 18.2 Å². The van der Waals surface area contributed by atoms with Gasteiger partial charge in [-0.25, -0.2) is 0 Å². The maximum absolute atomic E-state index is 5.95. The average molecular weight is 429 g/mol. The Hall–Kier alpha value is -2.12. The number of ether oxygens (including phenoxy) is 1. The zero-order valence-corrected chi connectivity index (χ0v) is 18.6. The van der Waals surface area contributed by atoms with Gasteiger partial charge in [-0.2, -0.15) is 0 Å². The van der Waals surface area contributed by atoms with E-state index in [0.29, 0.717) is 6.54 Å². The van der Waals surface area contributed by atoms with Crippen molar-refractivity contribution in [2.45, 2.75) is 51.7 Å². The molecule has 1 unspecified atom stereocenters. The van der Waals surface area contributed by atoms with Crippen LogP contribution in [0.25, 0.3) is 11.3 Å². The third kappa shape index (κ3) is 4.95. The van der Waals surface area contributed by atoms with E-state index in [1.165, 1.54) is 19.3 Å². The maximum Gasteiger partial charge on any atom is 0.232 e. The fraction of sp³-hybridized carbons (Fsp3) is 0.565. The zero-order chi connectivity index (χ0) is 20.8. The number of hydrogen-bond acceptors (Lipinski definition) is 5. The summed E-state index contributed by atoms with van der Waals surface area (Å²) in [6, 6.07) is 10.3. The topological polar surface area (TPSA) is 53.8 Å². The number of thiocarbonyl (C=S) groups is 1. The molecule has 1 aromatic carbocycles. The van der Waals surface area contributed by atoms with Crippen LogP contribution in [0.15, 0.2) is 34.9 Å². The van der Waals surface area contributed by atoms with Crippen LogP contribution in [-0.4, -0.2) is 54.1 Å². The normalized spacial score (nSPS) is 19.1. The molecule has 30 heavy (non-hydrogen) atoms. The number of aromatic nitrogens is 1. The molecule has 1 N–H and O–H groups in total.